The zero-order valence-electron chi connectivity index (χ0n) is 12.9. The van der Waals surface area contributed by atoms with Gasteiger partial charge in [0, 0.05) is 30.7 Å². The van der Waals surface area contributed by atoms with E-state index in [1.165, 1.54) is 5.56 Å². The van der Waals surface area contributed by atoms with Gasteiger partial charge in [-0.3, -0.25) is 0 Å². The molecule has 2 atom stereocenters. The number of para-hydroxylation sites is 1. The van der Waals surface area contributed by atoms with Crippen molar-refractivity contribution in [2.24, 2.45) is 0 Å². The van der Waals surface area contributed by atoms with Gasteiger partial charge < -0.3 is 10.4 Å². The molecule has 0 spiro atoms. The van der Waals surface area contributed by atoms with E-state index in [9.17, 15) is 5.11 Å². The minimum atomic E-state index is -0.540. The summed E-state index contributed by atoms with van der Waals surface area (Å²) in [4.78, 5) is 0. The molecule has 1 saturated carbocycles. The van der Waals surface area contributed by atoms with Crippen LogP contribution in [0.2, 0.25) is 0 Å². The van der Waals surface area contributed by atoms with Gasteiger partial charge in [-0.25, -0.2) is 4.68 Å². The van der Waals surface area contributed by atoms with Crippen LogP contribution in [-0.2, 0) is 6.54 Å². The molecule has 2 aromatic rings. The predicted molar refractivity (Wildman–Crippen MR) is 91.4 cm³/mol. The van der Waals surface area contributed by atoms with Gasteiger partial charge in [0.15, 0.2) is 0 Å². The second kappa shape index (κ2) is 6.86. The van der Waals surface area contributed by atoms with Gasteiger partial charge >= 0.3 is 0 Å². The molecule has 3 rings (SSSR count). The fourth-order valence-electron chi connectivity index (χ4n) is 2.95. The molecule has 0 amide bonds. The summed E-state index contributed by atoms with van der Waals surface area (Å²) in [6.07, 6.45) is 5.76. The maximum atomic E-state index is 10.6. The van der Waals surface area contributed by atoms with Gasteiger partial charge in [-0.1, -0.05) is 25.1 Å². The SMILES string of the molecule is CCSC1CCC1(O)CNCc1ccccc1-n1cccn1. The lowest BCUT2D eigenvalue weighted by Crippen LogP contribution is -2.56. The third-order valence-corrected chi connectivity index (χ3v) is 5.71. The Morgan fingerprint density at radius 3 is 2.95 bits per heavy atom. The van der Waals surface area contributed by atoms with Gasteiger partial charge in [-0.2, -0.15) is 16.9 Å². The lowest BCUT2D eigenvalue weighted by Gasteiger charge is -2.45. The standard InChI is InChI=1S/C17H23N3OS/c1-2-22-16-8-9-17(16,21)13-18-12-14-6-3-4-7-15(14)20-11-5-10-19-20/h3-7,10-11,16,18,21H,2,8-9,12-13H2,1H3. The Labute approximate surface area is 135 Å². The van der Waals surface area contributed by atoms with Crippen LogP contribution in [0.15, 0.2) is 42.7 Å². The lowest BCUT2D eigenvalue weighted by molar-refractivity contribution is -0.0234. The number of hydrogen-bond donors (Lipinski definition) is 2. The summed E-state index contributed by atoms with van der Waals surface area (Å²) in [7, 11) is 0. The van der Waals surface area contributed by atoms with Crippen LogP contribution >= 0.6 is 11.8 Å². The van der Waals surface area contributed by atoms with Crippen molar-refractivity contribution < 1.29 is 5.11 Å². The molecule has 5 heteroatoms. The number of benzene rings is 1. The van der Waals surface area contributed by atoms with Crippen molar-refractivity contribution >= 4 is 11.8 Å². The van der Waals surface area contributed by atoms with E-state index in [1.807, 2.05) is 40.8 Å². The molecule has 0 bridgehead atoms. The Balaban J connectivity index is 1.61. The van der Waals surface area contributed by atoms with Crippen molar-refractivity contribution in [3.8, 4) is 5.69 Å². The molecule has 1 aromatic heterocycles. The Morgan fingerprint density at radius 2 is 2.27 bits per heavy atom. The topological polar surface area (TPSA) is 50.1 Å². The van der Waals surface area contributed by atoms with E-state index in [0.29, 0.717) is 11.8 Å². The second-order valence-electron chi connectivity index (χ2n) is 5.77. The summed E-state index contributed by atoms with van der Waals surface area (Å²) in [6, 6.07) is 10.2. The van der Waals surface area contributed by atoms with Gasteiger partial charge in [0.2, 0.25) is 0 Å². The quantitative estimate of drug-likeness (QED) is 0.824. The first-order chi connectivity index (χ1) is 10.7. The Hall–Kier alpha value is -1.30. The summed E-state index contributed by atoms with van der Waals surface area (Å²) >= 11 is 1.87. The minimum Gasteiger partial charge on any atom is -0.387 e. The molecule has 1 aromatic carbocycles. The first-order valence-corrected chi connectivity index (χ1v) is 8.90. The zero-order chi connectivity index (χ0) is 15.4. The fraction of sp³-hybridized carbons (Fsp3) is 0.471. The highest BCUT2D eigenvalue weighted by molar-refractivity contribution is 8.00. The molecule has 0 radical (unpaired) electrons. The largest absolute Gasteiger partial charge is 0.387 e. The molecule has 0 aliphatic heterocycles. The Bertz CT molecular complexity index is 602. The van der Waals surface area contributed by atoms with Crippen LogP contribution in [0.5, 0.6) is 0 Å². The van der Waals surface area contributed by atoms with Crippen molar-refractivity contribution in [2.75, 3.05) is 12.3 Å². The maximum Gasteiger partial charge on any atom is 0.0889 e. The van der Waals surface area contributed by atoms with Crippen molar-refractivity contribution in [2.45, 2.75) is 37.2 Å². The molecular weight excluding hydrogens is 294 g/mol. The average molecular weight is 317 g/mol. The van der Waals surface area contributed by atoms with Gasteiger partial charge in [-0.05, 0) is 36.3 Å². The molecular formula is C17H23N3OS. The summed E-state index contributed by atoms with van der Waals surface area (Å²) in [5.41, 5.74) is 1.73. The number of nitrogens with zero attached hydrogens (tertiary/aromatic N) is 2. The molecule has 4 nitrogen and oxygen atoms in total. The highest BCUT2D eigenvalue weighted by Gasteiger charge is 2.44. The van der Waals surface area contributed by atoms with Gasteiger partial charge in [0.1, 0.15) is 0 Å². The minimum absolute atomic E-state index is 0.381. The third-order valence-electron chi connectivity index (χ3n) is 4.30. The van der Waals surface area contributed by atoms with Crippen molar-refractivity contribution in [1.29, 1.82) is 0 Å². The van der Waals surface area contributed by atoms with E-state index in [0.717, 1.165) is 30.8 Å². The normalized spacial score (nSPS) is 24.2. The van der Waals surface area contributed by atoms with E-state index >= 15 is 0 Å². The number of thioether (sulfide) groups is 1. The summed E-state index contributed by atoms with van der Waals surface area (Å²) < 4.78 is 1.88. The van der Waals surface area contributed by atoms with Crippen LogP contribution in [-0.4, -0.2) is 38.0 Å². The lowest BCUT2D eigenvalue weighted by atomic mass is 9.79. The van der Waals surface area contributed by atoms with E-state index < -0.39 is 5.60 Å². The number of hydrogen-bond acceptors (Lipinski definition) is 4. The number of aromatic nitrogens is 2. The van der Waals surface area contributed by atoms with Gasteiger partial charge in [0.05, 0.1) is 11.3 Å². The van der Waals surface area contributed by atoms with Crippen molar-refractivity contribution in [1.82, 2.24) is 15.1 Å². The third kappa shape index (κ3) is 3.21. The molecule has 1 aliphatic carbocycles. The van der Waals surface area contributed by atoms with Crippen molar-refractivity contribution in [3.63, 3.8) is 0 Å². The van der Waals surface area contributed by atoms with Gasteiger partial charge in [-0.15, -0.1) is 0 Å². The van der Waals surface area contributed by atoms with Crippen LogP contribution < -0.4 is 5.32 Å². The zero-order valence-corrected chi connectivity index (χ0v) is 13.7. The van der Waals surface area contributed by atoms with Crippen LogP contribution in [0.25, 0.3) is 5.69 Å². The molecule has 1 heterocycles. The highest BCUT2D eigenvalue weighted by Crippen LogP contribution is 2.40. The fourth-order valence-corrected chi connectivity index (χ4v) is 4.14. The first kappa shape index (κ1) is 15.6. The molecule has 22 heavy (non-hydrogen) atoms. The highest BCUT2D eigenvalue weighted by atomic mass is 32.2. The molecule has 2 N–H and O–H groups in total. The molecule has 2 unspecified atom stereocenters. The van der Waals surface area contributed by atoms with Crippen molar-refractivity contribution in [3.05, 3.63) is 48.3 Å². The van der Waals surface area contributed by atoms with Crippen LogP contribution in [0.4, 0.5) is 0 Å². The first-order valence-electron chi connectivity index (χ1n) is 7.85. The van der Waals surface area contributed by atoms with Crippen LogP contribution in [0.3, 0.4) is 0 Å². The van der Waals surface area contributed by atoms with Crippen LogP contribution in [0.1, 0.15) is 25.3 Å². The Kier molecular flexibility index (Phi) is 4.86. The van der Waals surface area contributed by atoms with E-state index in [4.69, 9.17) is 0 Å². The summed E-state index contributed by atoms with van der Waals surface area (Å²) in [5.74, 6) is 1.06. The maximum absolute atomic E-state index is 10.6. The van der Waals surface area contributed by atoms with E-state index in [-0.39, 0.29) is 0 Å². The molecule has 1 fully saturated rings. The molecule has 118 valence electrons. The second-order valence-corrected chi connectivity index (χ2v) is 7.25. The monoisotopic (exact) mass is 317 g/mol. The molecule has 0 saturated heterocycles. The van der Waals surface area contributed by atoms with Crippen LogP contribution in [0, 0.1) is 0 Å². The number of rotatable bonds is 7. The number of aliphatic hydroxyl groups is 1. The van der Waals surface area contributed by atoms with E-state index in [2.05, 4.69) is 29.5 Å². The number of nitrogens with one attached hydrogen (secondary N) is 1. The molecule has 1 aliphatic rings. The van der Waals surface area contributed by atoms with Gasteiger partial charge in [0.25, 0.3) is 0 Å². The van der Waals surface area contributed by atoms with E-state index in [1.54, 1.807) is 6.20 Å². The summed E-state index contributed by atoms with van der Waals surface area (Å²) in [6.45, 7) is 3.54. The smallest absolute Gasteiger partial charge is 0.0889 e. The Morgan fingerprint density at radius 1 is 1.41 bits per heavy atom. The predicted octanol–water partition coefficient (Wildman–Crippen LogP) is 2.61. The average Bonchev–Trinajstić information content (AvgIpc) is 3.06. The summed E-state index contributed by atoms with van der Waals surface area (Å²) in [5, 5.41) is 18.7.